The molecule has 3 aliphatic rings. The van der Waals surface area contributed by atoms with Gasteiger partial charge in [0.15, 0.2) is 0 Å². The molecule has 2 unspecified atom stereocenters. The number of para-hydroxylation sites is 1. The maximum absolute atomic E-state index is 13.8. The number of ether oxygens (including phenoxy) is 1. The van der Waals surface area contributed by atoms with Crippen molar-refractivity contribution in [3.63, 3.8) is 0 Å². The summed E-state index contributed by atoms with van der Waals surface area (Å²) in [5, 5.41) is 15.8. The average molecular weight is 496 g/mol. The van der Waals surface area contributed by atoms with Gasteiger partial charge in [0.25, 0.3) is 0 Å². The van der Waals surface area contributed by atoms with Crippen LogP contribution in [-0.4, -0.2) is 63.5 Å². The summed E-state index contributed by atoms with van der Waals surface area (Å²) in [5.41, 5.74) is 1.27. The number of thioether (sulfide) groups is 1. The highest BCUT2D eigenvalue weighted by molar-refractivity contribution is 8.02. The monoisotopic (exact) mass is 495 g/mol. The number of fused-ring (bicyclic) bond motifs is 1. The van der Waals surface area contributed by atoms with E-state index in [0.29, 0.717) is 23.5 Å². The Morgan fingerprint density at radius 3 is 2.43 bits per heavy atom. The zero-order valence-electron chi connectivity index (χ0n) is 19.6. The number of nitrogens with one attached hydrogen (secondary N) is 2. The number of anilines is 2. The van der Waals surface area contributed by atoms with Crippen LogP contribution in [0, 0.1) is 11.8 Å². The summed E-state index contributed by atoms with van der Waals surface area (Å²) in [6, 6.07) is 14.9. The number of methoxy groups -OCH3 is 1. The first-order valence-electron chi connectivity index (χ1n) is 11.8. The van der Waals surface area contributed by atoms with Crippen molar-refractivity contribution in [2.24, 2.45) is 11.8 Å². The molecule has 6 atom stereocenters. The number of hydrogen-bond donors (Lipinski definition) is 3. The minimum absolute atomic E-state index is 0.0319. The van der Waals surface area contributed by atoms with E-state index in [2.05, 4.69) is 10.6 Å². The third-order valence-corrected chi connectivity index (χ3v) is 9.38. The van der Waals surface area contributed by atoms with Gasteiger partial charge in [-0.05, 0) is 56.2 Å². The highest BCUT2D eigenvalue weighted by atomic mass is 32.2. The Labute approximate surface area is 208 Å². The van der Waals surface area contributed by atoms with Crippen LogP contribution >= 0.6 is 11.8 Å². The predicted molar refractivity (Wildman–Crippen MR) is 134 cm³/mol. The Morgan fingerprint density at radius 1 is 1.11 bits per heavy atom. The largest absolute Gasteiger partial charge is 0.497 e. The minimum atomic E-state index is -0.784. The fraction of sp³-hybridized carbons (Fsp3) is 0.423. The summed E-state index contributed by atoms with van der Waals surface area (Å²) in [6.07, 6.45) is 1.43. The van der Waals surface area contributed by atoms with Crippen molar-refractivity contribution in [2.75, 3.05) is 24.4 Å². The molecule has 2 bridgehead atoms. The number of rotatable bonds is 7. The molecule has 5 rings (SSSR count). The van der Waals surface area contributed by atoms with E-state index in [1.54, 1.807) is 50.1 Å². The van der Waals surface area contributed by atoms with Gasteiger partial charge < -0.3 is 25.4 Å². The molecule has 3 saturated heterocycles. The van der Waals surface area contributed by atoms with Gasteiger partial charge in [0, 0.05) is 16.6 Å². The average Bonchev–Trinajstić information content (AvgIpc) is 3.52. The molecular weight excluding hydrogens is 466 g/mol. The molecule has 35 heavy (non-hydrogen) atoms. The van der Waals surface area contributed by atoms with Crippen LogP contribution in [0.5, 0.6) is 5.75 Å². The smallest absolute Gasteiger partial charge is 0.248 e. The molecule has 2 aromatic rings. The van der Waals surface area contributed by atoms with Gasteiger partial charge in [0.2, 0.25) is 17.7 Å². The number of nitrogens with zero attached hydrogens (tertiary/aromatic N) is 1. The molecule has 9 heteroatoms. The van der Waals surface area contributed by atoms with Crippen molar-refractivity contribution in [1.29, 1.82) is 0 Å². The van der Waals surface area contributed by atoms with Crippen LogP contribution in [0.25, 0.3) is 0 Å². The van der Waals surface area contributed by atoms with E-state index in [9.17, 15) is 19.5 Å². The Bertz CT molecular complexity index is 1130. The van der Waals surface area contributed by atoms with E-state index in [-0.39, 0.29) is 29.6 Å². The van der Waals surface area contributed by atoms with Crippen molar-refractivity contribution in [3.05, 3.63) is 54.6 Å². The van der Waals surface area contributed by atoms with E-state index in [4.69, 9.17) is 4.74 Å². The minimum Gasteiger partial charge on any atom is -0.497 e. The molecule has 2 aromatic carbocycles. The molecule has 0 aliphatic carbocycles. The first kappa shape index (κ1) is 23.7. The predicted octanol–water partition coefficient (Wildman–Crippen LogP) is 2.74. The second kappa shape index (κ2) is 9.20. The summed E-state index contributed by atoms with van der Waals surface area (Å²) in [6.45, 7) is 1.47. The standard InChI is InChI=1S/C26H29N3O5S/c1-15(14-30)29-22(24(32)28-17-8-10-18(34-2)11-9-17)26-13-12-19(35-26)20(21(26)25(29)33)23(31)27-16-6-4-3-5-7-16/h3-11,15,19-22,30H,12-14H2,1-2H3,(H,27,31)(H,28,32)/t15-,19-,20+,21+,22?,26?/m1/s1. The number of carbonyl (C=O) groups is 3. The normalized spacial score (nSPS) is 29.6. The topological polar surface area (TPSA) is 108 Å². The highest BCUT2D eigenvalue weighted by Crippen LogP contribution is 2.66. The van der Waals surface area contributed by atoms with Crippen molar-refractivity contribution < 1.29 is 24.2 Å². The van der Waals surface area contributed by atoms with Crippen LogP contribution in [0.2, 0.25) is 0 Å². The number of benzene rings is 2. The Balaban J connectivity index is 1.46. The second-order valence-corrected chi connectivity index (χ2v) is 11.0. The number of carbonyl (C=O) groups excluding carboxylic acids is 3. The van der Waals surface area contributed by atoms with Gasteiger partial charge in [-0.25, -0.2) is 0 Å². The van der Waals surface area contributed by atoms with E-state index < -0.39 is 28.7 Å². The van der Waals surface area contributed by atoms with Crippen molar-refractivity contribution in [3.8, 4) is 5.75 Å². The molecule has 3 aliphatic heterocycles. The maximum atomic E-state index is 13.8. The molecule has 1 spiro atoms. The lowest BCUT2D eigenvalue weighted by Crippen LogP contribution is -2.54. The lowest BCUT2D eigenvalue weighted by atomic mass is 9.70. The maximum Gasteiger partial charge on any atom is 0.248 e. The molecule has 0 aromatic heterocycles. The number of likely N-dealkylation sites (tertiary alicyclic amines) is 1. The molecule has 8 nitrogen and oxygen atoms in total. The van der Waals surface area contributed by atoms with Gasteiger partial charge in [-0.3, -0.25) is 14.4 Å². The molecule has 0 saturated carbocycles. The van der Waals surface area contributed by atoms with E-state index >= 15 is 0 Å². The summed E-state index contributed by atoms with van der Waals surface area (Å²) in [7, 11) is 1.57. The first-order valence-corrected chi connectivity index (χ1v) is 12.7. The summed E-state index contributed by atoms with van der Waals surface area (Å²) in [4.78, 5) is 42.4. The third kappa shape index (κ3) is 3.87. The number of hydrogen-bond acceptors (Lipinski definition) is 6. The lowest BCUT2D eigenvalue weighted by Gasteiger charge is -2.36. The molecular formula is C26H29N3O5S. The molecule has 3 fully saturated rings. The molecule has 3 amide bonds. The van der Waals surface area contributed by atoms with Gasteiger partial charge in [0.05, 0.1) is 36.3 Å². The Kier molecular flexibility index (Phi) is 6.23. The van der Waals surface area contributed by atoms with E-state index in [1.165, 1.54) is 4.90 Å². The van der Waals surface area contributed by atoms with Crippen molar-refractivity contribution in [1.82, 2.24) is 4.90 Å². The van der Waals surface area contributed by atoms with Gasteiger partial charge in [-0.15, -0.1) is 11.8 Å². The van der Waals surface area contributed by atoms with Crippen LogP contribution in [0.15, 0.2) is 54.6 Å². The third-order valence-electron chi connectivity index (χ3n) is 7.43. The molecule has 0 radical (unpaired) electrons. The van der Waals surface area contributed by atoms with Crippen LogP contribution < -0.4 is 15.4 Å². The van der Waals surface area contributed by atoms with Crippen LogP contribution in [0.4, 0.5) is 11.4 Å². The van der Waals surface area contributed by atoms with E-state index in [0.717, 1.165) is 6.42 Å². The van der Waals surface area contributed by atoms with Crippen LogP contribution in [0.1, 0.15) is 19.8 Å². The number of aliphatic hydroxyl groups excluding tert-OH is 1. The zero-order valence-corrected chi connectivity index (χ0v) is 20.5. The fourth-order valence-corrected chi connectivity index (χ4v) is 8.09. The van der Waals surface area contributed by atoms with Gasteiger partial charge in [-0.2, -0.15) is 0 Å². The summed E-state index contributed by atoms with van der Waals surface area (Å²) >= 11 is 1.60. The summed E-state index contributed by atoms with van der Waals surface area (Å²) in [5.74, 6) is -1.20. The molecule has 184 valence electrons. The van der Waals surface area contributed by atoms with Crippen LogP contribution in [-0.2, 0) is 14.4 Å². The molecule has 3 heterocycles. The second-order valence-electron chi connectivity index (χ2n) is 9.41. The lowest BCUT2D eigenvalue weighted by molar-refractivity contribution is -0.140. The van der Waals surface area contributed by atoms with Crippen LogP contribution in [0.3, 0.4) is 0 Å². The van der Waals surface area contributed by atoms with Crippen molar-refractivity contribution >= 4 is 40.9 Å². The summed E-state index contributed by atoms with van der Waals surface area (Å²) < 4.78 is 4.48. The van der Waals surface area contributed by atoms with Gasteiger partial charge in [-0.1, -0.05) is 18.2 Å². The SMILES string of the molecule is COc1ccc(NC(=O)C2N([C@H](C)CO)C(=O)[C@@H]3[C@@H](C(=O)Nc4ccccc4)[C@H]4CCC23S4)cc1. The van der Waals surface area contributed by atoms with Gasteiger partial charge >= 0.3 is 0 Å². The number of amides is 3. The van der Waals surface area contributed by atoms with E-state index in [1.807, 2.05) is 30.3 Å². The molecule has 3 N–H and O–H groups in total. The number of aliphatic hydroxyl groups is 1. The fourth-order valence-electron chi connectivity index (χ4n) is 5.89. The Hall–Kier alpha value is -3.04. The quantitative estimate of drug-likeness (QED) is 0.545. The van der Waals surface area contributed by atoms with Crippen molar-refractivity contribution in [2.45, 2.75) is 41.8 Å². The van der Waals surface area contributed by atoms with Gasteiger partial charge in [0.1, 0.15) is 11.8 Å². The Morgan fingerprint density at radius 2 is 1.77 bits per heavy atom. The zero-order chi connectivity index (χ0) is 24.7. The highest BCUT2D eigenvalue weighted by Gasteiger charge is 2.74. The first-order chi connectivity index (χ1) is 16.9.